The maximum absolute atomic E-state index is 13.1. The Morgan fingerprint density at radius 3 is 2.29 bits per heavy atom. The summed E-state index contributed by atoms with van der Waals surface area (Å²) < 4.78 is 13.1. The highest BCUT2D eigenvalue weighted by molar-refractivity contribution is 5.87. The Hall–Kier alpha value is -1.66. The van der Waals surface area contributed by atoms with E-state index in [1.165, 1.54) is 12.1 Å². The first-order chi connectivity index (χ1) is 12.5. The van der Waals surface area contributed by atoms with Crippen molar-refractivity contribution in [2.45, 2.75) is 25.4 Å². The van der Waals surface area contributed by atoms with E-state index in [-0.39, 0.29) is 36.5 Å². The molecule has 0 saturated carbocycles. The topological polar surface area (TPSA) is 49.6 Å². The number of amides is 1. The normalized spacial score (nSPS) is 16.9. The highest BCUT2D eigenvalue weighted by Gasteiger charge is 2.35. The van der Waals surface area contributed by atoms with Gasteiger partial charge in [-0.2, -0.15) is 0 Å². The minimum absolute atomic E-state index is 0. The van der Waals surface area contributed by atoms with Gasteiger partial charge in [0.1, 0.15) is 11.4 Å². The molecule has 0 aliphatic carbocycles. The number of halogens is 3. The van der Waals surface area contributed by atoms with Crippen molar-refractivity contribution in [3.63, 3.8) is 0 Å². The molecular weight excluding hydrogens is 400 g/mol. The van der Waals surface area contributed by atoms with Crippen LogP contribution in [0.2, 0.25) is 0 Å². The molecule has 0 radical (unpaired) electrons. The third kappa shape index (κ3) is 5.92. The molecule has 1 fully saturated rings. The summed E-state index contributed by atoms with van der Waals surface area (Å²) >= 11 is 0. The minimum Gasteiger partial charge on any atom is -0.339 e. The molecule has 1 unspecified atom stereocenters. The zero-order chi connectivity index (χ0) is 18.6. The van der Waals surface area contributed by atoms with Crippen LogP contribution in [-0.4, -0.2) is 41.9 Å². The van der Waals surface area contributed by atoms with E-state index in [1.807, 2.05) is 47.4 Å². The van der Waals surface area contributed by atoms with Gasteiger partial charge in [-0.25, -0.2) is 4.39 Å². The summed E-state index contributed by atoms with van der Waals surface area (Å²) in [6, 6.07) is 16.1. The van der Waals surface area contributed by atoms with E-state index >= 15 is 0 Å². The molecule has 1 amide bonds. The molecule has 0 aromatic heterocycles. The standard InChI is InChI=1S/C21H26FN3O.2ClH/c1-21(23,18-6-3-2-4-7-18)20(26)25-13-5-12-24(14-15-25)16-17-8-10-19(22)11-9-17;;/h2-4,6-11H,5,12-16,23H2,1H3;2*1H. The fourth-order valence-electron chi connectivity index (χ4n) is 3.42. The Bertz CT molecular complexity index is 741. The van der Waals surface area contributed by atoms with Gasteiger partial charge in [0.2, 0.25) is 5.91 Å². The smallest absolute Gasteiger partial charge is 0.247 e. The highest BCUT2D eigenvalue weighted by atomic mass is 35.5. The highest BCUT2D eigenvalue weighted by Crippen LogP contribution is 2.21. The average molecular weight is 428 g/mol. The van der Waals surface area contributed by atoms with Gasteiger partial charge < -0.3 is 10.6 Å². The summed E-state index contributed by atoms with van der Waals surface area (Å²) in [5.74, 6) is -0.253. The van der Waals surface area contributed by atoms with Crippen molar-refractivity contribution >= 4 is 30.7 Å². The van der Waals surface area contributed by atoms with Gasteiger partial charge in [-0.3, -0.25) is 9.69 Å². The van der Waals surface area contributed by atoms with Crippen molar-refractivity contribution in [3.05, 3.63) is 71.5 Å². The van der Waals surface area contributed by atoms with Gasteiger partial charge in [-0.1, -0.05) is 42.5 Å². The molecule has 154 valence electrons. The van der Waals surface area contributed by atoms with E-state index < -0.39 is 5.54 Å². The van der Waals surface area contributed by atoms with Crippen LogP contribution >= 0.6 is 24.8 Å². The maximum atomic E-state index is 13.1. The summed E-state index contributed by atoms with van der Waals surface area (Å²) in [6.07, 6.45) is 0.901. The zero-order valence-corrected chi connectivity index (χ0v) is 17.6. The van der Waals surface area contributed by atoms with Crippen molar-refractivity contribution < 1.29 is 9.18 Å². The predicted molar refractivity (Wildman–Crippen MR) is 115 cm³/mol. The first-order valence-electron chi connectivity index (χ1n) is 9.07. The Kier molecular flexibility index (Phi) is 9.37. The third-order valence-corrected chi connectivity index (χ3v) is 5.01. The van der Waals surface area contributed by atoms with Crippen LogP contribution in [0.3, 0.4) is 0 Å². The van der Waals surface area contributed by atoms with Crippen LogP contribution in [0.25, 0.3) is 0 Å². The van der Waals surface area contributed by atoms with Crippen LogP contribution in [0, 0.1) is 5.82 Å². The van der Waals surface area contributed by atoms with Crippen molar-refractivity contribution in [1.29, 1.82) is 0 Å². The fraction of sp³-hybridized carbons (Fsp3) is 0.381. The number of hydrogen-bond acceptors (Lipinski definition) is 3. The van der Waals surface area contributed by atoms with Crippen LogP contribution in [0.5, 0.6) is 0 Å². The van der Waals surface area contributed by atoms with Crippen LogP contribution in [0.15, 0.2) is 54.6 Å². The molecule has 7 heteroatoms. The molecule has 1 heterocycles. The van der Waals surface area contributed by atoms with Crippen molar-refractivity contribution in [2.24, 2.45) is 5.73 Å². The van der Waals surface area contributed by atoms with Crippen LogP contribution in [0.1, 0.15) is 24.5 Å². The molecule has 3 rings (SSSR count). The number of benzene rings is 2. The lowest BCUT2D eigenvalue weighted by molar-refractivity contribution is -0.136. The lowest BCUT2D eigenvalue weighted by Crippen LogP contribution is -2.51. The van der Waals surface area contributed by atoms with E-state index in [0.29, 0.717) is 13.1 Å². The SMILES string of the molecule is CC(N)(C(=O)N1CCCN(Cc2ccc(F)cc2)CC1)c1ccccc1.Cl.Cl. The van der Waals surface area contributed by atoms with Crippen molar-refractivity contribution in [2.75, 3.05) is 26.2 Å². The average Bonchev–Trinajstić information content (AvgIpc) is 2.89. The van der Waals surface area contributed by atoms with E-state index in [2.05, 4.69) is 4.90 Å². The summed E-state index contributed by atoms with van der Waals surface area (Å²) in [5, 5.41) is 0. The second-order valence-corrected chi connectivity index (χ2v) is 7.12. The largest absolute Gasteiger partial charge is 0.339 e. The molecule has 2 N–H and O–H groups in total. The lowest BCUT2D eigenvalue weighted by Gasteiger charge is -2.31. The number of carbonyl (C=O) groups is 1. The summed E-state index contributed by atoms with van der Waals surface area (Å²) in [4.78, 5) is 17.2. The molecule has 28 heavy (non-hydrogen) atoms. The second-order valence-electron chi connectivity index (χ2n) is 7.12. The maximum Gasteiger partial charge on any atom is 0.247 e. The molecule has 4 nitrogen and oxygen atoms in total. The first kappa shape index (κ1) is 24.4. The van der Waals surface area contributed by atoms with Crippen LogP contribution < -0.4 is 5.73 Å². The van der Waals surface area contributed by atoms with Crippen LogP contribution in [-0.2, 0) is 16.9 Å². The lowest BCUT2D eigenvalue weighted by atomic mass is 9.91. The monoisotopic (exact) mass is 427 g/mol. The summed E-state index contributed by atoms with van der Waals surface area (Å²) in [5.41, 5.74) is 7.29. The summed E-state index contributed by atoms with van der Waals surface area (Å²) in [6.45, 7) is 5.60. The number of carbonyl (C=O) groups excluding carboxylic acids is 1. The molecule has 0 spiro atoms. The van der Waals surface area contributed by atoms with Gasteiger partial charge in [0.25, 0.3) is 0 Å². The minimum atomic E-state index is -1.02. The van der Waals surface area contributed by atoms with Gasteiger partial charge in [0.05, 0.1) is 0 Å². The van der Waals surface area contributed by atoms with Gasteiger partial charge in [0.15, 0.2) is 0 Å². The third-order valence-electron chi connectivity index (χ3n) is 5.01. The summed E-state index contributed by atoms with van der Waals surface area (Å²) in [7, 11) is 0. The number of nitrogens with two attached hydrogens (primary N) is 1. The van der Waals surface area contributed by atoms with Gasteiger partial charge in [-0.05, 0) is 36.6 Å². The number of rotatable bonds is 4. The van der Waals surface area contributed by atoms with Gasteiger partial charge >= 0.3 is 0 Å². The quantitative estimate of drug-likeness (QED) is 0.810. The molecule has 2 aromatic rings. The Balaban J connectivity index is 0.00000196. The first-order valence-corrected chi connectivity index (χ1v) is 9.07. The Labute approximate surface area is 178 Å². The molecule has 1 atom stereocenters. The van der Waals surface area contributed by atoms with Crippen molar-refractivity contribution in [1.82, 2.24) is 9.80 Å². The molecule has 2 aromatic carbocycles. The zero-order valence-electron chi connectivity index (χ0n) is 16.0. The fourth-order valence-corrected chi connectivity index (χ4v) is 3.42. The van der Waals surface area contributed by atoms with E-state index in [0.717, 1.165) is 37.2 Å². The second kappa shape index (κ2) is 10.8. The molecule has 0 bridgehead atoms. The number of hydrogen-bond donors (Lipinski definition) is 1. The molecular formula is C21H28Cl2FN3O. The predicted octanol–water partition coefficient (Wildman–Crippen LogP) is 3.58. The molecule has 1 aliphatic rings. The van der Waals surface area contributed by atoms with E-state index in [1.54, 1.807) is 6.92 Å². The number of nitrogens with zero attached hydrogens (tertiary/aromatic N) is 2. The van der Waals surface area contributed by atoms with E-state index in [9.17, 15) is 9.18 Å². The van der Waals surface area contributed by atoms with Gasteiger partial charge in [-0.15, -0.1) is 24.8 Å². The Morgan fingerprint density at radius 2 is 1.64 bits per heavy atom. The van der Waals surface area contributed by atoms with Gasteiger partial charge in [0, 0.05) is 32.7 Å². The Morgan fingerprint density at radius 1 is 1.00 bits per heavy atom. The molecule has 1 aliphatic heterocycles. The van der Waals surface area contributed by atoms with E-state index in [4.69, 9.17) is 5.73 Å². The van der Waals surface area contributed by atoms with Crippen LogP contribution in [0.4, 0.5) is 4.39 Å². The molecule has 1 saturated heterocycles. The van der Waals surface area contributed by atoms with Crippen molar-refractivity contribution in [3.8, 4) is 0 Å².